The first-order valence-electron chi connectivity index (χ1n) is 8.15. The van der Waals surface area contributed by atoms with Crippen molar-refractivity contribution >= 4 is 5.82 Å². The van der Waals surface area contributed by atoms with Crippen molar-refractivity contribution in [3.8, 4) is 0 Å². The summed E-state index contributed by atoms with van der Waals surface area (Å²) in [6.45, 7) is 3.40. The number of nitrogens with zero attached hydrogens (tertiary/aromatic N) is 2. The van der Waals surface area contributed by atoms with Gasteiger partial charge in [0.15, 0.2) is 0 Å². The van der Waals surface area contributed by atoms with Crippen LogP contribution in [0.1, 0.15) is 42.4 Å². The van der Waals surface area contributed by atoms with Gasteiger partial charge in [0.05, 0.1) is 0 Å². The van der Waals surface area contributed by atoms with Crippen molar-refractivity contribution in [1.82, 2.24) is 9.97 Å². The molecule has 1 aromatic heterocycles. The number of halogens is 2. The maximum atomic E-state index is 14.0. The predicted octanol–water partition coefficient (Wildman–Crippen LogP) is 3.26. The monoisotopic (exact) mass is 333 g/mol. The van der Waals surface area contributed by atoms with Crippen molar-refractivity contribution in [3.05, 3.63) is 52.5 Å². The number of rotatable bonds is 4. The van der Waals surface area contributed by atoms with Gasteiger partial charge in [-0.3, -0.25) is 0 Å². The lowest BCUT2D eigenvalue weighted by Gasteiger charge is -2.26. The fourth-order valence-corrected chi connectivity index (χ4v) is 3.14. The number of aliphatic hydroxyl groups is 1. The van der Waals surface area contributed by atoms with E-state index in [0.717, 1.165) is 49.1 Å². The Bertz CT molecular complexity index is 762. The molecule has 1 unspecified atom stereocenters. The van der Waals surface area contributed by atoms with Gasteiger partial charge < -0.3 is 10.4 Å². The second-order valence-electron chi connectivity index (χ2n) is 6.50. The maximum Gasteiger partial charge on any atom is 0.133 e. The normalized spacial score (nSPS) is 16.4. The molecule has 128 valence electrons. The highest BCUT2D eigenvalue weighted by molar-refractivity contribution is 5.48. The van der Waals surface area contributed by atoms with Gasteiger partial charge in [0, 0.05) is 29.4 Å². The zero-order valence-corrected chi connectivity index (χ0v) is 13.9. The Morgan fingerprint density at radius 1 is 1.21 bits per heavy atom. The summed E-state index contributed by atoms with van der Waals surface area (Å²) in [5, 5.41) is 13.8. The third-order valence-electron chi connectivity index (χ3n) is 4.41. The van der Waals surface area contributed by atoms with Crippen molar-refractivity contribution in [2.75, 3.05) is 11.9 Å². The van der Waals surface area contributed by atoms with Crippen molar-refractivity contribution < 1.29 is 13.9 Å². The first kappa shape index (κ1) is 16.8. The molecule has 0 bridgehead atoms. The van der Waals surface area contributed by atoms with E-state index in [4.69, 9.17) is 0 Å². The van der Waals surface area contributed by atoms with E-state index < -0.39 is 17.2 Å². The van der Waals surface area contributed by atoms with Crippen LogP contribution in [0.15, 0.2) is 18.2 Å². The lowest BCUT2D eigenvalue weighted by molar-refractivity contribution is 0.0673. The highest BCUT2D eigenvalue weighted by Crippen LogP contribution is 2.28. The van der Waals surface area contributed by atoms with E-state index in [0.29, 0.717) is 11.6 Å². The highest BCUT2D eigenvalue weighted by Gasteiger charge is 2.28. The number of hydrogen-bond acceptors (Lipinski definition) is 4. The van der Waals surface area contributed by atoms with Gasteiger partial charge in [0.2, 0.25) is 0 Å². The number of aromatic nitrogens is 2. The molecule has 0 fully saturated rings. The van der Waals surface area contributed by atoms with Gasteiger partial charge in [-0.2, -0.15) is 0 Å². The number of fused-ring (bicyclic) bond motifs is 1. The maximum absolute atomic E-state index is 14.0. The predicted molar refractivity (Wildman–Crippen MR) is 87.8 cm³/mol. The van der Waals surface area contributed by atoms with Crippen molar-refractivity contribution in [3.63, 3.8) is 0 Å². The average Bonchev–Trinajstić information content (AvgIpc) is 2.52. The Labute approximate surface area is 140 Å². The third kappa shape index (κ3) is 3.38. The number of anilines is 1. The molecule has 0 saturated carbocycles. The molecule has 0 saturated heterocycles. The van der Waals surface area contributed by atoms with Gasteiger partial charge in [0.1, 0.15) is 28.9 Å². The lowest BCUT2D eigenvalue weighted by Crippen LogP contribution is -2.32. The van der Waals surface area contributed by atoms with E-state index in [-0.39, 0.29) is 12.1 Å². The molecule has 0 aliphatic heterocycles. The van der Waals surface area contributed by atoms with Crippen LogP contribution in [-0.2, 0) is 18.4 Å². The van der Waals surface area contributed by atoms with Crippen LogP contribution in [0.25, 0.3) is 0 Å². The van der Waals surface area contributed by atoms with Crippen LogP contribution in [0.5, 0.6) is 0 Å². The van der Waals surface area contributed by atoms with E-state index in [1.54, 1.807) is 0 Å². The van der Waals surface area contributed by atoms with Crippen molar-refractivity contribution in [1.29, 1.82) is 0 Å². The quantitative estimate of drug-likeness (QED) is 0.902. The zero-order chi connectivity index (χ0) is 17.3. The van der Waals surface area contributed by atoms with Gasteiger partial charge in [-0.1, -0.05) is 6.07 Å². The largest absolute Gasteiger partial charge is 0.383 e. The van der Waals surface area contributed by atoms with Crippen LogP contribution in [-0.4, -0.2) is 21.6 Å². The number of benzene rings is 1. The Morgan fingerprint density at radius 3 is 2.71 bits per heavy atom. The zero-order valence-electron chi connectivity index (χ0n) is 13.9. The first-order chi connectivity index (χ1) is 11.4. The van der Waals surface area contributed by atoms with Gasteiger partial charge >= 0.3 is 0 Å². The molecule has 1 atom stereocenters. The highest BCUT2D eigenvalue weighted by atomic mass is 19.1. The molecule has 2 aromatic rings. The number of hydrogen-bond donors (Lipinski definition) is 2. The molecule has 6 heteroatoms. The van der Waals surface area contributed by atoms with Crippen molar-refractivity contribution in [2.45, 2.75) is 45.1 Å². The van der Waals surface area contributed by atoms with Crippen LogP contribution in [0.2, 0.25) is 0 Å². The summed E-state index contributed by atoms with van der Waals surface area (Å²) in [7, 11) is 0. The van der Waals surface area contributed by atoms with Crippen LogP contribution >= 0.6 is 0 Å². The fourth-order valence-electron chi connectivity index (χ4n) is 3.14. The molecular formula is C18H21F2N3O. The third-order valence-corrected chi connectivity index (χ3v) is 4.41. The van der Waals surface area contributed by atoms with Gasteiger partial charge in [0.25, 0.3) is 0 Å². The standard InChI is InChI=1S/C18H21F2N3O/c1-11-22-16-6-4-3-5-13(16)17(23-11)21-10-18(2,24)14-8-7-12(19)9-15(14)20/h7-9,24H,3-6,10H2,1-2H3,(H,21,22,23). The molecule has 1 heterocycles. The van der Waals surface area contributed by atoms with Crippen LogP contribution in [0.3, 0.4) is 0 Å². The second kappa shape index (κ2) is 6.43. The van der Waals surface area contributed by atoms with Crippen LogP contribution in [0, 0.1) is 18.6 Å². The molecule has 2 N–H and O–H groups in total. The first-order valence-corrected chi connectivity index (χ1v) is 8.15. The molecule has 0 amide bonds. The SMILES string of the molecule is Cc1nc2c(c(NCC(C)(O)c3ccc(F)cc3F)n1)CCCC2. The molecule has 24 heavy (non-hydrogen) atoms. The van der Waals surface area contributed by atoms with E-state index in [1.165, 1.54) is 13.0 Å². The van der Waals surface area contributed by atoms with Crippen LogP contribution in [0.4, 0.5) is 14.6 Å². The molecule has 0 spiro atoms. The van der Waals surface area contributed by atoms with Gasteiger partial charge in [-0.25, -0.2) is 18.7 Å². The molecular weight excluding hydrogens is 312 g/mol. The number of nitrogens with one attached hydrogen (secondary N) is 1. The molecule has 1 aliphatic carbocycles. The summed E-state index contributed by atoms with van der Waals surface area (Å²) >= 11 is 0. The molecule has 1 aliphatic rings. The van der Waals surface area contributed by atoms with Gasteiger partial charge in [-0.05, 0) is 45.6 Å². The molecule has 4 nitrogen and oxygen atoms in total. The summed E-state index contributed by atoms with van der Waals surface area (Å²) in [4.78, 5) is 8.92. The van der Waals surface area contributed by atoms with E-state index in [2.05, 4.69) is 15.3 Å². The summed E-state index contributed by atoms with van der Waals surface area (Å²) in [5.74, 6) is -0.0612. The minimum Gasteiger partial charge on any atom is -0.383 e. The summed E-state index contributed by atoms with van der Waals surface area (Å²) < 4.78 is 27.0. The second-order valence-corrected chi connectivity index (χ2v) is 6.50. The minimum atomic E-state index is -1.49. The molecule has 1 aromatic carbocycles. The Hall–Kier alpha value is -2.08. The van der Waals surface area contributed by atoms with E-state index in [1.807, 2.05) is 6.92 Å². The Balaban J connectivity index is 1.83. The Kier molecular flexibility index (Phi) is 4.49. The fraction of sp³-hybridized carbons (Fsp3) is 0.444. The smallest absolute Gasteiger partial charge is 0.133 e. The topological polar surface area (TPSA) is 58.0 Å². The summed E-state index contributed by atoms with van der Waals surface area (Å²) in [6.07, 6.45) is 4.01. The Morgan fingerprint density at radius 2 is 1.96 bits per heavy atom. The van der Waals surface area contributed by atoms with Crippen LogP contribution < -0.4 is 5.32 Å². The lowest BCUT2D eigenvalue weighted by atomic mass is 9.94. The summed E-state index contributed by atoms with van der Waals surface area (Å²) in [5.41, 5.74) is 0.681. The minimum absolute atomic E-state index is 0.0519. The number of aryl methyl sites for hydroxylation is 2. The van der Waals surface area contributed by atoms with E-state index >= 15 is 0 Å². The average molecular weight is 333 g/mol. The van der Waals surface area contributed by atoms with E-state index in [9.17, 15) is 13.9 Å². The van der Waals surface area contributed by atoms with Gasteiger partial charge in [-0.15, -0.1) is 0 Å². The summed E-state index contributed by atoms with van der Waals surface area (Å²) in [6, 6.07) is 3.19. The molecule has 0 radical (unpaired) electrons. The van der Waals surface area contributed by atoms with Crippen molar-refractivity contribution in [2.24, 2.45) is 0 Å². The molecule has 3 rings (SSSR count).